The van der Waals surface area contributed by atoms with E-state index in [0.29, 0.717) is 0 Å². The number of aliphatic imine (C=N–C) groups is 1. The van der Waals surface area contributed by atoms with Crippen molar-refractivity contribution in [3.05, 3.63) is 35.4 Å². The van der Waals surface area contributed by atoms with Crippen LogP contribution in [-0.4, -0.2) is 11.7 Å². The second-order valence-electron chi connectivity index (χ2n) is 2.89. The van der Waals surface area contributed by atoms with Gasteiger partial charge in [-0.05, 0) is 13.0 Å². The molecular formula is C10H12N2O. The highest BCUT2D eigenvalue weighted by Gasteiger charge is 1.98. The summed E-state index contributed by atoms with van der Waals surface area (Å²) in [6, 6.07) is 7.56. The Labute approximate surface area is 77.3 Å². The molecule has 1 aromatic carbocycles. The molecule has 0 bridgehead atoms. The average molecular weight is 176 g/mol. The predicted octanol–water partition coefficient (Wildman–Crippen LogP) is 1.25. The Hall–Kier alpha value is -1.64. The van der Waals surface area contributed by atoms with Crippen molar-refractivity contribution >= 4 is 11.7 Å². The van der Waals surface area contributed by atoms with Crippen molar-refractivity contribution in [3.63, 3.8) is 0 Å². The Morgan fingerprint density at radius 2 is 2.15 bits per heavy atom. The third-order valence-electron chi connectivity index (χ3n) is 1.59. The van der Waals surface area contributed by atoms with E-state index in [0.717, 1.165) is 11.1 Å². The number of carbonyl (C=O) groups excluding carboxylic acids is 1. The number of rotatable bonds is 1. The van der Waals surface area contributed by atoms with E-state index in [-0.39, 0.29) is 11.7 Å². The fourth-order valence-electron chi connectivity index (χ4n) is 1.04. The molecular weight excluding hydrogens is 164 g/mol. The summed E-state index contributed by atoms with van der Waals surface area (Å²) in [5, 5.41) is 0. The Morgan fingerprint density at radius 1 is 1.46 bits per heavy atom. The minimum Gasteiger partial charge on any atom is -0.383 e. The number of aryl methyl sites for hydroxylation is 1. The molecule has 0 aromatic heterocycles. The van der Waals surface area contributed by atoms with Crippen molar-refractivity contribution in [1.29, 1.82) is 0 Å². The molecule has 3 heteroatoms. The van der Waals surface area contributed by atoms with E-state index in [1.54, 1.807) is 0 Å². The van der Waals surface area contributed by atoms with E-state index in [4.69, 9.17) is 5.73 Å². The molecule has 13 heavy (non-hydrogen) atoms. The highest BCUT2D eigenvalue weighted by atomic mass is 16.1. The summed E-state index contributed by atoms with van der Waals surface area (Å²) in [4.78, 5) is 14.3. The molecule has 0 aliphatic heterocycles. The smallest absolute Gasteiger partial charge is 0.244 e. The molecule has 0 radical (unpaired) electrons. The van der Waals surface area contributed by atoms with Gasteiger partial charge in [-0.15, -0.1) is 0 Å². The lowest BCUT2D eigenvalue weighted by Gasteiger charge is -2.00. The Kier molecular flexibility index (Phi) is 2.80. The lowest BCUT2D eigenvalue weighted by Crippen LogP contribution is -2.14. The van der Waals surface area contributed by atoms with Gasteiger partial charge < -0.3 is 5.73 Å². The Bertz CT molecular complexity index is 356. The maximum absolute atomic E-state index is 10.6. The van der Waals surface area contributed by atoms with Crippen molar-refractivity contribution in [1.82, 2.24) is 0 Å². The van der Waals surface area contributed by atoms with E-state index in [2.05, 4.69) is 4.99 Å². The summed E-state index contributed by atoms with van der Waals surface area (Å²) < 4.78 is 0. The first-order chi connectivity index (χ1) is 6.09. The molecule has 0 spiro atoms. The summed E-state index contributed by atoms with van der Waals surface area (Å²) in [5.41, 5.74) is 7.48. The standard InChI is InChI=1S/C10H12N2O/c1-7-4-3-5-9(6-7)10(11)12-8(2)13/h3-6H,1-2H3,(H2,11,12,13). The number of carbonyl (C=O) groups is 1. The molecule has 0 aliphatic carbocycles. The van der Waals surface area contributed by atoms with Crippen LogP contribution in [0.2, 0.25) is 0 Å². The summed E-state index contributed by atoms with van der Waals surface area (Å²) in [7, 11) is 0. The number of nitrogens with two attached hydrogens (primary N) is 1. The molecule has 0 fully saturated rings. The molecule has 1 amide bonds. The first-order valence-electron chi connectivity index (χ1n) is 4.01. The number of benzene rings is 1. The fraction of sp³-hybridized carbons (Fsp3) is 0.200. The third-order valence-corrected chi connectivity index (χ3v) is 1.59. The first-order valence-corrected chi connectivity index (χ1v) is 4.01. The van der Waals surface area contributed by atoms with Gasteiger partial charge in [-0.2, -0.15) is 4.99 Å². The zero-order valence-electron chi connectivity index (χ0n) is 7.74. The van der Waals surface area contributed by atoms with Gasteiger partial charge >= 0.3 is 0 Å². The van der Waals surface area contributed by atoms with Gasteiger partial charge in [0.25, 0.3) is 0 Å². The molecule has 0 saturated carbocycles. The van der Waals surface area contributed by atoms with E-state index >= 15 is 0 Å². The SMILES string of the molecule is CC(=O)N=C(N)c1cccc(C)c1. The van der Waals surface area contributed by atoms with Gasteiger partial charge in [0.1, 0.15) is 5.84 Å². The van der Waals surface area contributed by atoms with Crippen molar-refractivity contribution in [3.8, 4) is 0 Å². The molecule has 1 rings (SSSR count). The van der Waals surface area contributed by atoms with Crippen LogP contribution in [0.5, 0.6) is 0 Å². The average Bonchev–Trinajstić information content (AvgIpc) is 2.03. The third kappa shape index (κ3) is 2.71. The summed E-state index contributed by atoms with van der Waals surface area (Å²) in [5.74, 6) is -0.00444. The van der Waals surface area contributed by atoms with Gasteiger partial charge in [-0.25, -0.2) is 0 Å². The summed E-state index contributed by atoms with van der Waals surface area (Å²) in [6.45, 7) is 3.34. The molecule has 1 aromatic rings. The van der Waals surface area contributed by atoms with Crippen LogP contribution in [0.15, 0.2) is 29.3 Å². The molecule has 0 aliphatic rings. The Morgan fingerprint density at radius 3 is 2.69 bits per heavy atom. The largest absolute Gasteiger partial charge is 0.383 e. The van der Waals surface area contributed by atoms with Gasteiger partial charge in [0, 0.05) is 12.5 Å². The van der Waals surface area contributed by atoms with Crippen molar-refractivity contribution < 1.29 is 4.79 Å². The monoisotopic (exact) mass is 176 g/mol. The highest BCUT2D eigenvalue weighted by molar-refractivity contribution is 6.03. The summed E-state index contributed by atoms with van der Waals surface area (Å²) in [6.07, 6.45) is 0. The zero-order chi connectivity index (χ0) is 9.84. The summed E-state index contributed by atoms with van der Waals surface area (Å²) >= 11 is 0. The van der Waals surface area contributed by atoms with Crippen LogP contribution in [0.3, 0.4) is 0 Å². The molecule has 3 nitrogen and oxygen atoms in total. The number of amidine groups is 1. The van der Waals surface area contributed by atoms with Crippen molar-refractivity contribution in [2.24, 2.45) is 10.7 Å². The first kappa shape index (κ1) is 9.45. The molecule has 68 valence electrons. The highest BCUT2D eigenvalue weighted by Crippen LogP contribution is 2.03. The van der Waals surface area contributed by atoms with Crippen molar-refractivity contribution in [2.75, 3.05) is 0 Å². The number of nitrogens with zero attached hydrogens (tertiary/aromatic N) is 1. The van der Waals surface area contributed by atoms with Crippen molar-refractivity contribution in [2.45, 2.75) is 13.8 Å². The van der Waals surface area contributed by atoms with Crippen LogP contribution in [0, 0.1) is 6.92 Å². The maximum Gasteiger partial charge on any atom is 0.244 e. The minimum absolute atomic E-state index is 0.274. The van der Waals surface area contributed by atoms with Gasteiger partial charge in [-0.3, -0.25) is 4.79 Å². The van der Waals surface area contributed by atoms with Crippen LogP contribution < -0.4 is 5.73 Å². The molecule has 0 atom stereocenters. The predicted molar refractivity (Wildman–Crippen MR) is 52.6 cm³/mol. The van der Waals surface area contributed by atoms with Crippen LogP contribution in [-0.2, 0) is 4.79 Å². The molecule has 0 saturated heterocycles. The maximum atomic E-state index is 10.6. The van der Waals surface area contributed by atoms with Crippen LogP contribution in [0.1, 0.15) is 18.1 Å². The lowest BCUT2D eigenvalue weighted by molar-refractivity contribution is -0.115. The minimum atomic E-state index is -0.279. The molecule has 0 unspecified atom stereocenters. The fourth-order valence-corrected chi connectivity index (χ4v) is 1.04. The molecule has 0 heterocycles. The van der Waals surface area contributed by atoms with Gasteiger partial charge in [0.15, 0.2) is 0 Å². The van der Waals surface area contributed by atoms with E-state index in [9.17, 15) is 4.79 Å². The number of hydrogen-bond donors (Lipinski definition) is 1. The second-order valence-corrected chi connectivity index (χ2v) is 2.89. The topological polar surface area (TPSA) is 55.5 Å². The molecule has 2 N–H and O–H groups in total. The van der Waals surface area contributed by atoms with Gasteiger partial charge in [0.05, 0.1) is 0 Å². The second kappa shape index (κ2) is 3.85. The Balaban J connectivity index is 3.02. The van der Waals surface area contributed by atoms with Crippen LogP contribution >= 0.6 is 0 Å². The quantitative estimate of drug-likeness (QED) is 0.517. The van der Waals surface area contributed by atoms with Crippen LogP contribution in [0.4, 0.5) is 0 Å². The zero-order valence-corrected chi connectivity index (χ0v) is 7.74. The van der Waals surface area contributed by atoms with E-state index in [1.165, 1.54) is 6.92 Å². The van der Waals surface area contributed by atoms with Crippen LogP contribution in [0.25, 0.3) is 0 Å². The number of amides is 1. The van der Waals surface area contributed by atoms with E-state index < -0.39 is 0 Å². The van der Waals surface area contributed by atoms with Gasteiger partial charge in [-0.1, -0.05) is 23.8 Å². The van der Waals surface area contributed by atoms with E-state index in [1.807, 2.05) is 31.2 Å². The number of hydrogen-bond acceptors (Lipinski definition) is 1. The normalized spacial score (nSPS) is 11.4. The van der Waals surface area contributed by atoms with Gasteiger partial charge in [0.2, 0.25) is 5.91 Å². The lowest BCUT2D eigenvalue weighted by atomic mass is 10.1.